The molecule has 1 aliphatic rings. The molecule has 1 heterocycles. The third-order valence-electron chi connectivity index (χ3n) is 5.65. The summed E-state index contributed by atoms with van der Waals surface area (Å²) in [5.74, 6) is 1.20. The van der Waals surface area contributed by atoms with Crippen molar-refractivity contribution in [2.24, 2.45) is 0 Å². The van der Waals surface area contributed by atoms with Crippen LogP contribution in [-0.4, -0.2) is 12.1 Å². The molecule has 3 aromatic rings. The van der Waals surface area contributed by atoms with Gasteiger partial charge in [-0.15, -0.1) is 0 Å². The summed E-state index contributed by atoms with van der Waals surface area (Å²) in [4.78, 5) is 4.54. The minimum Gasteiger partial charge on any atom is -0.496 e. The molecule has 6 heteroatoms. The van der Waals surface area contributed by atoms with E-state index in [9.17, 15) is 9.65 Å². The maximum Gasteiger partial charge on any atom is 0.142 e. The zero-order valence-electron chi connectivity index (χ0n) is 17.5. The topological polar surface area (TPSA) is 81.2 Å². The van der Waals surface area contributed by atoms with Crippen molar-refractivity contribution in [1.29, 1.82) is 5.26 Å². The fourth-order valence-electron chi connectivity index (χ4n) is 4.08. The van der Waals surface area contributed by atoms with Crippen molar-refractivity contribution < 1.29 is 13.9 Å². The number of nitriles is 1. The van der Waals surface area contributed by atoms with Crippen molar-refractivity contribution in [1.82, 2.24) is 4.98 Å². The number of pyridine rings is 1. The van der Waals surface area contributed by atoms with E-state index in [1.807, 2.05) is 18.2 Å². The number of halogens is 1. The first-order valence-corrected chi connectivity index (χ1v) is 10.4. The lowest BCUT2D eigenvalue weighted by Crippen LogP contribution is -2.07. The van der Waals surface area contributed by atoms with E-state index in [0.29, 0.717) is 17.1 Å². The number of aromatic nitrogens is 1. The highest BCUT2D eigenvalue weighted by Gasteiger charge is 2.22. The van der Waals surface area contributed by atoms with Crippen molar-refractivity contribution in [2.75, 3.05) is 12.8 Å². The van der Waals surface area contributed by atoms with Crippen LogP contribution in [0.25, 0.3) is 11.1 Å². The molecule has 0 saturated heterocycles. The van der Waals surface area contributed by atoms with Gasteiger partial charge in [0, 0.05) is 16.8 Å². The number of rotatable bonds is 5. The SMILES string of the molecule is COc1cc(-c2c(C#N)c(N)nc3c2CCCCC3)ccc1COc1ccc(F)cc1. The summed E-state index contributed by atoms with van der Waals surface area (Å²) >= 11 is 0. The zero-order valence-corrected chi connectivity index (χ0v) is 17.5. The molecule has 31 heavy (non-hydrogen) atoms. The number of benzene rings is 2. The second kappa shape index (κ2) is 9.05. The number of methoxy groups -OCH3 is 1. The van der Waals surface area contributed by atoms with Crippen molar-refractivity contribution in [3.05, 3.63) is 70.7 Å². The maximum atomic E-state index is 13.1. The Labute approximate surface area is 181 Å². The van der Waals surface area contributed by atoms with Gasteiger partial charge in [-0.3, -0.25) is 0 Å². The van der Waals surface area contributed by atoms with Gasteiger partial charge >= 0.3 is 0 Å². The minimum absolute atomic E-state index is 0.275. The molecule has 0 bridgehead atoms. The third kappa shape index (κ3) is 4.31. The lowest BCUT2D eigenvalue weighted by Gasteiger charge is -2.18. The Morgan fingerprint density at radius 2 is 1.87 bits per heavy atom. The number of nitrogens with two attached hydrogens (primary N) is 1. The summed E-state index contributed by atoms with van der Waals surface area (Å²) in [7, 11) is 1.60. The quantitative estimate of drug-likeness (QED) is 0.577. The molecule has 2 aromatic carbocycles. The van der Waals surface area contributed by atoms with Crippen LogP contribution >= 0.6 is 0 Å². The fourth-order valence-corrected chi connectivity index (χ4v) is 4.08. The van der Waals surface area contributed by atoms with Gasteiger partial charge in [-0.1, -0.05) is 18.6 Å². The predicted octanol–water partition coefficient (Wildman–Crippen LogP) is 5.20. The highest BCUT2D eigenvalue weighted by atomic mass is 19.1. The highest BCUT2D eigenvalue weighted by Crippen LogP contribution is 2.37. The van der Waals surface area contributed by atoms with Crippen LogP contribution in [-0.2, 0) is 19.4 Å². The zero-order chi connectivity index (χ0) is 21.8. The number of hydrogen-bond acceptors (Lipinski definition) is 5. The molecule has 5 nitrogen and oxygen atoms in total. The standard InChI is InChI=1S/C25H24FN3O2/c1-30-23-13-16(7-8-17(23)15-31-19-11-9-18(26)10-12-19)24-20-5-3-2-4-6-22(20)29-25(28)21(24)14-27/h7-13H,2-6,15H2,1H3,(H2,28,29). The van der Waals surface area contributed by atoms with E-state index in [1.165, 1.54) is 12.1 Å². The van der Waals surface area contributed by atoms with E-state index in [-0.39, 0.29) is 18.2 Å². The molecule has 0 saturated carbocycles. The van der Waals surface area contributed by atoms with Gasteiger partial charge in [-0.25, -0.2) is 9.37 Å². The van der Waals surface area contributed by atoms with Gasteiger partial charge in [0.2, 0.25) is 0 Å². The van der Waals surface area contributed by atoms with Crippen molar-refractivity contribution in [3.8, 4) is 28.7 Å². The second-order valence-corrected chi connectivity index (χ2v) is 7.61. The molecule has 1 aliphatic carbocycles. The van der Waals surface area contributed by atoms with Crippen LogP contribution in [0.2, 0.25) is 0 Å². The van der Waals surface area contributed by atoms with E-state index in [0.717, 1.165) is 60.1 Å². The van der Waals surface area contributed by atoms with E-state index in [1.54, 1.807) is 19.2 Å². The Hall–Kier alpha value is -3.59. The molecule has 1 aromatic heterocycles. The molecule has 0 fully saturated rings. The van der Waals surface area contributed by atoms with Crippen LogP contribution in [0.15, 0.2) is 42.5 Å². The minimum atomic E-state index is -0.307. The van der Waals surface area contributed by atoms with Gasteiger partial charge in [0.1, 0.15) is 41.4 Å². The van der Waals surface area contributed by atoms with Crippen molar-refractivity contribution in [3.63, 3.8) is 0 Å². The number of hydrogen-bond donors (Lipinski definition) is 1. The third-order valence-corrected chi connectivity index (χ3v) is 5.65. The summed E-state index contributed by atoms with van der Waals surface area (Å²) in [6.45, 7) is 0.275. The Balaban J connectivity index is 1.71. The Morgan fingerprint density at radius 1 is 1.10 bits per heavy atom. The van der Waals surface area contributed by atoms with Gasteiger partial charge < -0.3 is 15.2 Å². The molecule has 0 unspecified atom stereocenters. The normalized spacial score (nSPS) is 13.1. The summed E-state index contributed by atoms with van der Waals surface area (Å²) in [5, 5.41) is 9.80. The van der Waals surface area contributed by atoms with Crippen LogP contribution in [0, 0.1) is 17.1 Å². The molecule has 0 atom stereocenters. The molecule has 0 aliphatic heterocycles. The lowest BCUT2D eigenvalue weighted by molar-refractivity contribution is 0.296. The highest BCUT2D eigenvalue weighted by molar-refractivity contribution is 5.80. The van der Waals surface area contributed by atoms with Gasteiger partial charge in [0.05, 0.1) is 7.11 Å². The summed E-state index contributed by atoms with van der Waals surface area (Å²) < 4.78 is 24.5. The lowest BCUT2D eigenvalue weighted by atomic mass is 9.91. The second-order valence-electron chi connectivity index (χ2n) is 7.61. The summed E-state index contributed by atoms with van der Waals surface area (Å²) in [5.41, 5.74) is 11.3. The van der Waals surface area contributed by atoms with Gasteiger partial charge in [-0.2, -0.15) is 5.26 Å². The van der Waals surface area contributed by atoms with Gasteiger partial charge in [0.15, 0.2) is 0 Å². The number of ether oxygens (including phenoxy) is 2. The Morgan fingerprint density at radius 3 is 2.61 bits per heavy atom. The van der Waals surface area contributed by atoms with E-state index in [2.05, 4.69) is 11.1 Å². The van der Waals surface area contributed by atoms with E-state index >= 15 is 0 Å². The fraction of sp³-hybridized carbons (Fsp3) is 0.280. The molecule has 0 amide bonds. The average Bonchev–Trinajstić information content (AvgIpc) is 3.03. The number of nitrogens with zero attached hydrogens (tertiary/aromatic N) is 2. The number of nitrogen functional groups attached to an aromatic ring is 1. The van der Waals surface area contributed by atoms with Crippen LogP contribution in [0.5, 0.6) is 11.5 Å². The smallest absolute Gasteiger partial charge is 0.142 e. The van der Waals surface area contributed by atoms with Crippen LogP contribution in [0.4, 0.5) is 10.2 Å². The molecule has 158 valence electrons. The Bertz CT molecular complexity index is 1140. The van der Waals surface area contributed by atoms with Gasteiger partial charge in [0.25, 0.3) is 0 Å². The molecular formula is C25H24FN3O2. The largest absolute Gasteiger partial charge is 0.496 e. The summed E-state index contributed by atoms with van der Waals surface area (Å²) in [6.07, 6.45) is 5.04. The average molecular weight is 417 g/mol. The Kier molecular flexibility index (Phi) is 6.03. The van der Waals surface area contributed by atoms with E-state index in [4.69, 9.17) is 15.2 Å². The maximum absolute atomic E-state index is 13.1. The molecule has 0 spiro atoms. The van der Waals surface area contributed by atoms with Crippen LogP contribution < -0.4 is 15.2 Å². The van der Waals surface area contributed by atoms with Gasteiger partial charge in [-0.05, 0) is 67.1 Å². The molecular weight excluding hydrogens is 393 g/mol. The number of fused-ring (bicyclic) bond motifs is 1. The first-order valence-electron chi connectivity index (χ1n) is 10.4. The van der Waals surface area contributed by atoms with Crippen LogP contribution in [0.1, 0.15) is 41.6 Å². The number of aryl methyl sites for hydroxylation is 1. The monoisotopic (exact) mass is 417 g/mol. The van der Waals surface area contributed by atoms with Crippen molar-refractivity contribution in [2.45, 2.75) is 38.7 Å². The first-order chi connectivity index (χ1) is 15.1. The molecule has 4 rings (SSSR count). The molecule has 0 radical (unpaired) electrons. The van der Waals surface area contributed by atoms with E-state index < -0.39 is 0 Å². The van der Waals surface area contributed by atoms with Crippen LogP contribution in [0.3, 0.4) is 0 Å². The molecule has 2 N–H and O–H groups in total. The first kappa shape index (κ1) is 20.7. The van der Waals surface area contributed by atoms with Crippen molar-refractivity contribution >= 4 is 5.82 Å². The number of anilines is 1. The predicted molar refractivity (Wildman–Crippen MR) is 117 cm³/mol. The summed E-state index contributed by atoms with van der Waals surface area (Å²) in [6, 6.07) is 14.0.